The Bertz CT molecular complexity index is 1030. The monoisotopic (exact) mass is 393 g/mol. The highest BCUT2D eigenvalue weighted by Crippen LogP contribution is 2.35. The Balaban J connectivity index is 1.67. The van der Waals surface area contributed by atoms with Gasteiger partial charge in [0.05, 0.1) is 17.4 Å². The summed E-state index contributed by atoms with van der Waals surface area (Å²) in [6.07, 6.45) is 1.57. The van der Waals surface area contributed by atoms with Crippen molar-refractivity contribution < 1.29 is 4.79 Å². The average Bonchev–Trinajstić information content (AvgIpc) is 2.67. The summed E-state index contributed by atoms with van der Waals surface area (Å²) in [5.74, 6) is 0.881. The summed E-state index contributed by atoms with van der Waals surface area (Å²) in [6.45, 7) is 4.33. The number of fused-ring (bicyclic) bond motifs is 1. The molecule has 1 N–H and O–H groups in total. The molecule has 3 aromatic rings. The van der Waals surface area contributed by atoms with E-state index in [9.17, 15) is 4.79 Å². The summed E-state index contributed by atoms with van der Waals surface area (Å²) in [7, 11) is 1.90. The maximum atomic E-state index is 13.1. The van der Waals surface area contributed by atoms with Crippen LogP contribution in [0, 0.1) is 13.8 Å². The van der Waals surface area contributed by atoms with E-state index in [0.29, 0.717) is 34.7 Å². The van der Waals surface area contributed by atoms with Crippen LogP contribution in [-0.2, 0) is 0 Å². The van der Waals surface area contributed by atoms with Crippen molar-refractivity contribution in [3.63, 3.8) is 0 Å². The molecule has 4 rings (SSSR count). The topological polar surface area (TPSA) is 61.4 Å². The molecule has 0 unspecified atom stereocenters. The molecule has 7 heteroatoms. The summed E-state index contributed by atoms with van der Waals surface area (Å²) in [4.78, 5) is 25.6. The number of para-hydroxylation sites is 1. The molecule has 1 aliphatic rings. The van der Waals surface area contributed by atoms with Gasteiger partial charge in [0.15, 0.2) is 0 Å². The molecule has 2 aromatic carbocycles. The van der Waals surface area contributed by atoms with Crippen molar-refractivity contribution in [3.8, 4) is 0 Å². The second-order valence-corrected chi connectivity index (χ2v) is 7.31. The van der Waals surface area contributed by atoms with E-state index in [0.717, 1.165) is 11.3 Å². The van der Waals surface area contributed by atoms with Crippen LogP contribution in [-0.4, -0.2) is 29.6 Å². The van der Waals surface area contributed by atoms with E-state index in [1.165, 1.54) is 5.56 Å². The van der Waals surface area contributed by atoms with Gasteiger partial charge in [-0.3, -0.25) is 9.69 Å². The van der Waals surface area contributed by atoms with E-state index < -0.39 is 0 Å². The lowest BCUT2D eigenvalue weighted by atomic mass is 10.1. The number of nitrogens with zero attached hydrogens (tertiary/aromatic N) is 4. The van der Waals surface area contributed by atoms with E-state index >= 15 is 0 Å². The van der Waals surface area contributed by atoms with Gasteiger partial charge in [-0.05, 0) is 37.6 Å². The van der Waals surface area contributed by atoms with Gasteiger partial charge in [-0.2, -0.15) is 4.98 Å². The molecule has 1 amide bonds. The second-order valence-electron chi connectivity index (χ2n) is 6.90. The number of carbonyl (C=O) groups is 1. The first-order valence-corrected chi connectivity index (χ1v) is 9.30. The fourth-order valence-electron chi connectivity index (χ4n) is 3.27. The van der Waals surface area contributed by atoms with Crippen LogP contribution in [0.25, 0.3) is 0 Å². The van der Waals surface area contributed by atoms with Crippen LogP contribution in [0.2, 0.25) is 5.02 Å². The first-order valence-electron chi connectivity index (χ1n) is 8.93. The van der Waals surface area contributed by atoms with E-state index in [2.05, 4.69) is 15.3 Å². The minimum Gasteiger partial charge on any atom is -0.341 e. The molecule has 0 radical (unpaired) electrons. The van der Waals surface area contributed by atoms with Crippen molar-refractivity contribution in [2.24, 2.45) is 0 Å². The van der Waals surface area contributed by atoms with Crippen molar-refractivity contribution >= 4 is 40.6 Å². The molecule has 0 atom stereocenters. The Hall–Kier alpha value is -3.12. The summed E-state index contributed by atoms with van der Waals surface area (Å²) in [6, 6.07) is 13.6. The van der Waals surface area contributed by atoms with Crippen LogP contribution >= 0.6 is 11.6 Å². The van der Waals surface area contributed by atoms with Gasteiger partial charge < -0.3 is 10.2 Å². The quantitative estimate of drug-likeness (QED) is 0.707. The second kappa shape index (κ2) is 7.13. The van der Waals surface area contributed by atoms with Crippen LogP contribution in [0.15, 0.2) is 48.7 Å². The van der Waals surface area contributed by atoms with Crippen molar-refractivity contribution in [1.29, 1.82) is 0 Å². The summed E-state index contributed by atoms with van der Waals surface area (Å²) in [5, 5.41) is 3.73. The van der Waals surface area contributed by atoms with Gasteiger partial charge in [0, 0.05) is 18.9 Å². The van der Waals surface area contributed by atoms with Crippen molar-refractivity contribution in [1.82, 2.24) is 9.97 Å². The first-order chi connectivity index (χ1) is 13.4. The van der Waals surface area contributed by atoms with Gasteiger partial charge in [0.25, 0.3) is 5.91 Å². The zero-order valence-electron chi connectivity index (χ0n) is 15.9. The molecule has 2 heterocycles. The minimum atomic E-state index is -0.161. The van der Waals surface area contributed by atoms with Crippen LogP contribution in [0.4, 0.5) is 23.1 Å². The number of hydrogen-bond acceptors (Lipinski definition) is 5. The lowest BCUT2D eigenvalue weighted by Crippen LogP contribution is -2.46. The normalized spacial score (nSPS) is 13.5. The molecular weight excluding hydrogens is 374 g/mol. The van der Waals surface area contributed by atoms with Gasteiger partial charge in [-0.25, -0.2) is 4.98 Å². The fraction of sp³-hybridized carbons (Fsp3) is 0.190. The molecule has 0 spiro atoms. The third-order valence-electron chi connectivity index (χ3n) is 4.73. The smallest absolute Gasteiger partial charge is 0.265 e. The first kappa shape index (κ1) is 18.3. The van der Waals surface area contributed by atoms with E-state index in [1.54, 1.807) is 17.2 Å². The predicted octanol–water partition coefficient (Wildman–Crippen LogP) is 4.54. The fourth-order valence-corrected chi connectivity index (χ4v) is 3.59. The molecule has 0 saturated heterocycles. The summed E-state index contributed by atoms with van der Waals surface area (Å²) < 4.78 is 0. The van der Waals surface area contributed by atoms with Gasteiger partial charge in [-0.15, -0.1) is 0 Å². The molecule has 0 bridgehead atoms. The van der Waals surface area contributed by atoms with Crippen LogP contribution in [0.1, 0.15) is 21.5 Å². The average molecular weight is 394 g/mol. The Morgan fingerprint density at radius 1 is 1.11 bits per heavy atom. The lowest BCUT2D eigenvalue weighted by molar-refractivity contribution is 0.0982. The zero-order chi connectivity index (χ0) is 19.8. The molecule has 0 fully saturated rings. The Morgan fingerprint density at radius 3 is 2.57 bits per heavy atom. The Kier molecular flexibility index (Phi) is 4.65. The van der Waals surface area contributed by atoms with Gasteiger partial charge in [0.1, 0.15) is 11.4 Å². The number of halogens is 1. The van der Waals surface area contributed by atoms with Gasteiger partial charge in [-0.1, -0.05) is 41.4 Å². The van der Waals surface area contributed by atoms with Crippen LogP contribution in [0.5, 0.6) is 0 Å². The van der Waals surface area contributed by atoms with E-state index in [4.69, 9.17) is 11.6 Å². The standard InChI is InChI=1S/C21H20ClN5O/c1-13-7-9-15(10-8-13)24-21-23-11-16-19(25-21)26(3)12-27(20(16)28)18-14(2)5-4-6-17(18)22/h4-11H,12H2,1-3H3,(H,23,24,25). The molecule has 28 heavy (non-hydrogen) atoms. The van der Waals surface area contributed by atoms with Crippen molar-refractivity contribution in [2.75, 3.05) is 28.8 Å². The van der Waals surface area contributed by atoms with Gasteiger partial charge >= 0.3 is 0 Å². The van der Waals surface area contributed by atoms with Crippen molar-refractivity contribution in [3.05, 3.63) is 70.4 Å². The zero-order valence-corrected chi connectivity index (χ0v) is 16.7. The summed E-state index contributed by atoms with van der Waals surface area (Å²) in [5.41, 5.74) is 4.17. The predicted molar refractivity (Wildman–Crippen MR) is 113 cm³/mol. The van der Waals surface area contributed by atoms with Gasteiger partial charge in [0.2, 0.25) is 5.95 Å². The third-order valence-corrected chi connectivity index (χ3v) is 5.03. The number of benzene rings is 2. The maximum absolute atomic E-state index is 13.1. The Labute approximate surface area is 168 Å². The van der Waals surface area contributed by atoms with Crippen LogP contribution < -0.4 is 15.1 Å². The van der Waals surface area contributed by atoms with E-state index in [1.807, 2.05) is 62.2 Å². The largest absolute Gasteiger partial charge is 0.341 e. The molecular formula is C21H20ClN5O. The van der Waals surface area contributed by atoms with E-state index in [-0.39, 0.29) is 5.91 Å². The minimum absolute atomic E-state index is 0.161. The number of amides is 1. The SMILES string of the molecule is Cc1ccc(Nc2ncc3c(n2)N(C)CN(c2c(C)cccc2Cl)C3=O)cc1. The van der Waals surface area contributed by atoms with Crippen molar-refractivity contribution in [2.45, 2.75) is 13.8 Å². The number of rotatable bonds is 3. The maximum Gasteiger partial charge on any atom is 0.265 e. The number of aryl methyl sites for hydroxylation is 2. The Morgan fingerprint density at radius 2 is 1.86 bits per heavy atom. The lowest BCUT2D eigenvalue weighted by Gasteiger charge is -2.35. The molecule has 142 valence electrons. The highest BCUT2D eigenvalue weighted by atomic mass is 35.5. The molecule has 1 aliphatic heterocycles. The van der Waals surface area contributed by atoms with Crippen LogP contribution in [0.3, 0.4) is 0 Å². The molecule has 0 aliphatic carbocycles. The highest BCUT2D eigenvalue weighted by molar-refractivity contribution is 6.34. The molecule has 0 saturated carbocycles. The molecule has 1 aromatic heterocycles. The highest BCUT2D eigenvalue weighted by Gasteiger charge is 2.32. The number of aromatic nitrogens is 2. The number of anilines is 4. The summed E-state index contributed by atoms with van der Waals surface area (Å²) >= 11 is 6.38. The molecule has 6 nitrogen and oxygen atoms in total. The number of nitrogens with one attached hydrogen (secondary N) is 1. The third kappa shape index (κ3) is 3.27. The number of hydrogen-bond donors (Lipinski definition) is 1. The number of carbonyl (C=O) groups excluding carboxylic acids is 1.